The van der Waals surface area contributed by atoms with E-state index in [4.69, 9.17) is 4.42 Å². The largest absolute Gasteiger partial charge is 0.444 e. The van der Waals surface area contributed by atoms with Crippen molar-refractivity contribution in [3.63, 3.8) is 0 Å². The molecule has 1 unspecified atom stereocenters. The van der Waals surface area contributed by atoms with Gasteiger partial charge >= 0.3 is 0 Å². The van der Waals surface area contributed by atoms with Crippen LogP contribution in [0.5, 0.6) is 0 Å². The van der Waals surface area contributed by atoms with Crippen LogP contribution in [0.2, 0.25) is 0 Å². The van der Waals surface area contributed by atoms with Crippen LogP contribution in [0.4, 0.5) is 5.69 Å². The van der Waals surface area contributed by atoms with Crippen LogP contribution in [0.3, 0.4) is 0 Å². The number of nitrogens with zero attached hydrogens (tertiary/aromatic N) is 3. The van der Waals surface area contributed by atoms with E-state index in [9.17, 15) is 24.0 Å². The van der Waals surface area contributed by atoms with Crippen LogP contribution in [0, 0.1) is 5.41 Å². The molecule has 1 aromatic heterocycles. The molecule has 3 fully saturated rings. The smallest absolute Gasteiger partial charge is 0.264 e. The number of nitrogens with one attached hydrogen (secondary N) is 2. The highest BCUT2D eigenvalue weighted by Crippen LogP contribution is 2.43. The molecular weight excluding hydrogens is 502 g/mol. The van der Waals surface area contributed by atoms with Crippen LogP contribution >= 0.6 is 0 Å². The van der Waals surface area contributed by atoms with E-state index >= 15 is 0 Å². The summed E-state index contributed by atoms with van der Waals surface area (Å²) in [4.78, 5) is 70.4. The van der Waals surface area contributed by atoms with Crippen LogP contribution in [-0.2, 0) is 20.9 Å². The number of hydrogen-bond donors (Lipinski definition) is 2. The van der Waals surface area contributed by atoms with E-state index in [0.717, 1.165) is 37.0 Å². The molecule has 2 aromatic rings. The number of fused-ring (bicyclic) bond motifs is 1. The minimum Gasteiger partial charge on any atom is -0.444 e. The zero-order chi connectivity index (χ0) is 27.3. The molecule has 3 aliphatic heterocycles. The molecule has 1 aliphatic carbocycles. The lowest BCUT2D eigenvalue weighted by molar-refractivity contribution is -0.147. The number of piperidine rings is 2. The average molecular weight is 534 g/mol. The molecular formula is C28H31N5O6. The lowest BCUT2D eigenvalue weighted by atomic mass is 9.69. The second-order valence-corrected chi connectivity index (χ2v) is 11.2. The second kappa shape index (κ2) is 9.62. The van der Waals surface area contributed by atoms with Crippen molar-refractivity contribution in [1.29, 1.82) is 0 Å². The number of imide groups is 2. The summed E-state index contributed by atoms with van der Waals surface area (Å²) in [5, 5.41) is 5.39. The van der Waals surface area contributed by atoms with E-state index in [2.05, 4.69) is 22.5 Å². The maximum Gasteiger partial charge on any atom is 0.264 e. The third-order valence-electron chi connectivity index (χ3n) is 8.60. The topological polar surface area (TPSA) is 142 Å². The third kappa shape index (κ3) is 4.39. The van der Waals surface area contributed by atoms with Gasteiger partial charge in [-0.3, -0.25) is 34.2 Å². The summed E-state index contributed by atoms with van der Waals surface area (Å²) >= 11 is 0. The molecule has 0 radical (unpaired) electrons. The first kappa shape index (κ1) is 25.3. The molecule has 0 spiro atoms. The zero-order valence-electron chi connectivity index (χ0n) is 21.8. The molecule has 4 heterocycles. The first-order valence-electron chi connectivity index (χ1n) is 13.6. The first-order chi connectivity index (χ1) is 18.7. The fourth-order valence-corrected chi connectivity index (χ4v) is 6.07. The van der Waals surface area contributed by atoms with Crippen molar-refractivity contribution < 1.29 is 28.4 Å². The van der Waals surface area contributed by atoms with E-state index in [1.165, 1.54) is 0 Å². The van der Waals surface area contributed by atoms with Gasteiger partial charge in [-0.25, -0.2) is 4.98 Å². The highest BCUT2D eigenvalue weighted by molar-refractivity contribution is 6.25. The molecule has 204 valence electrons. The number of benzene rings is 1. The van der Waals surface area contributed by atoms with Crippen LogP contribution in [0.1, 0.15) is 90.2 Å². The van der Waals surface area contributed by atoms with Gasteiger partial charge in [0.1, 0.15) is 11.8 Å². The quantitative estimate of drug-likeness (QED) is 0.540. The van der Waals surface area contributed by atoms with Crippen molar-refractivity contribution in [1.82, 2.24) is 20.1 Å². The number of carbonyl (C=O) groups excluding carboxylic acids is 5. The van der Waals surface area contributed by atoms with Gasteiger partial charge in [-0.15, -0.1) is 0 Å². The molecule has 1 saturated carbocycles. The van der Waals surface area contributed by atoms with Crippen LogP contribution in [0.15, 0.2) is 28.8 Å². The van der Waals surface area contributed by atoms with Gasteiger partial charge in [0.15, 0.2) is 5.89 Å². The summed E-state index contributed by atoms with van der Waals surface area (Å²) in [5.74, 6) is -0.540. The molecule has 1 aromatic carbocycles. The lowest BCUT2D eigenvalue weighted by Crippen LogP contribution is -2.54. The normalized spacial score (nSPS) is 22.9. The Morgan fingerprint density at radius 3 is 2.59 bits per heavy atom. The number of rotatable bonds is 6. The number of carbonyl (C=O) groups is 5. The van der Waals surface area contributed by atoms with Gasteiger partial charge in [0.25, 0.3) is 11.8 Å². The predicted molar refractivity (Wildman–Crippen MR) is 137 cm³/mol. The van der Waals surface area contributed by atoms with E-state index < -0.39 is 29.7 Å². The van der Waals surface area contributed by atoms with E-state index in [-0.39, 0.29) is 47.8 Å². The maximum atomic E-state index is 13.3. The van der Waals surface area contributed by atoms with Gasteiger partial charge in [0, 0.05) is 36.5 Å². The van der Waals surface area contributed by atoms with Crippen LogP contribution in [0.25, 0.3) is 0 Å². The van der Waals surface area contributed by atoms with Crippen molar-refractivity contribution in [3.05, 3.63) is 47.2 Å². The van der Waals surface area contributed by atoms with E-state index in [1.54, 1.807) is 24.4 Å². The van der Waals surface area contributed by atoms with Gasteiger partial charge in [0.2, 0.25) is 17.7 Å². The van der Waals surface area contributed by atoms with E-state index in [1.807, 2.05) is 4.90 Å². The minimum absolute atomic E-state index is 0.0669. The minimum atomic E-state index is -1.02. The molecule has 39 heavy (non-hydrogen) atoms. The Morgan fingerprint density at radius 2 is 1.90 bits per heavy atom. The zero-order valence-corrected chi connectivity index (χ0v) is 21.8. The Kier molecular flexibility index (Phi) is 6.23. The Bertz CT molecular complexity index is 1370. The number of amides is 5. The molecule has 2 N–H and O–H groups in total. The highest BCUT2D eigenvalue weighted by atomic mass is 16.4. The average Bonchev–Trinajstić information content (AvgIpc) is 3.49. The number of likely N-dealkylation sites (tertiary alicyclic amines) is 1. The summed E-state index contributed by atoms with van der Waals surface area (Å²) in [6.07, 6.45) is 6.50. The van der Waals surface area contributed by atoms with Gasteiger partial charge in [-0.05, 0) is 44.2 Å². The summed E-state index contributed by atoms with van der Waals surface area (Å²) in [6, 6.07) is 3.91. The molecule has 4 aliphatic rings. The molecule has 1 atom stereocenters. The number of aromatic nitrogens is 1. The molecule has 11 heteroatoms. The van der Waals surface area contributed by atoms with Crippen molar-refractivity contribution >= 4 is 35.2 Å². The number of hydrogen-bond acceptors (Lipinski definition) is 8. The predicted octanol–water partition coefficient (Wildman–Crippen LogP) is 2.58. The lowest BCUT2D eigenvalue weighted by Gasteiger charge is -2.42. The van der Waals surface area contributed by atoms with Crippen molar-refractivity contribution in [2.75, 3.05) is 18.4 Å². The van der Waals surface area contributed by atoms with E-state index in [0.29, 0.717) is 30.4 Å². The molecule has 5 amide bonds. The van der Waals surface area contributed by atoms with Gasteiger partial charge in [-0.1, -0.05) is 19.4 Å². The fraction of sp³-hybridized carbons (Fsp3) is 0.500. The fourth-order valence-electron chi connectivity index (χ4n) is 6.07. The monoisotopic (exact) mass is 533 g/mol. The molecule has 2 saturated heterocycles. The summed E-state index contributed by atoms with van der Waals surface area (Å²) in [7, 11) is 0. The molecule has 0 bridgehead atoms. The van der Waals surface area contributed by atoms with Crippen LogP contribution in [-0.4, -0.2) is 63.5 Å². The van der Waals surface area contributed by atoms with Gasteiger partial charge < -0.3 is 14.6 Å². The molecule has 11 nitrogen and oxygen atoms in total. The van der Waals surface area contributed by atoms with Crippen LogP contribution < -0.4 is 10.6 Å². The Morgan fingerprint density at radius 1 is 1.13 bits per heavy atom. The first-order valence-corrected chi connectivity index (χ1v) is 13.6. The Hall–Kier alpha value is -4.02. The maximum absolute atomic E-state index is 13.3. The Labute approximate surface area is 225 Å². The highest BCUT2D eigenvalue weighted by Gasteiger charge is 2.46. The Balaban J connectivity index is 1.09. The summed E-state index contributed by atoms with van der Waals surface area (Å²) in [6.45, 7) is 3.71. The van der Waals surface area contributed by atoms with Crippen molar-refractivity contribution in [2.45, 2.75) is 70.4 Å². The van der Waals surface area contributed by atoms with Gasteiger partial charge in [0.05, 0.1) is 23.9 Å². The summed E-state index contributed by atoms with van der Waals surface area (Å²) < 4.78 is 6.02. The second-order valence-electron chi connectivity index (χ2n) is 11.2. The number of oxazole rings is 1. The molecule has 6 rings (SSSR count). The third-order valence-corrected chi connectivity index (χ3v) is 8.60. The SMILES string of the molecule is CC1(C(=O)N2CCC(c3ncc(CNc4cccc5c4C(=O)N(C4CCC(=O)NC4=O)C5=O)o3)CC2)CCC1. The standard InChI is InChI=1S/C28H31N5O6/c1-28(10-3-11-28)27(38)32-12-8-16(9-13-32)24-30-15-17(39-24)14-29-19-5-2-4-18-22(19)26(37)33(25(18)36)20-6-7-21(34)31-23(20)35/h2,4-5,15-16,20,29H,3,6-14H2,1H3,(H,31,34,35). The number of anilines is 1. The van der Waals surface area contributed by atoms with Gasteiger partial charge in [-0.2, -0.15) is 0 Å². The van der Waals surface area contributed by atoms with Crippen molar-refractivity contribution in [3.8, 4) is 0 Å². The summed E-state index contributed by atoms with van der Waals surface area (Å²) in [5.41, 5.74) is 0.681. The van der Waals surface area contributed by atoms with Crippen molar-refractivity contribution in [2.24, 2.45) is 5.41 Å².